The van der Waals surface area contributed by atoms with Crippen molar-refractivity contribution in [2.24, 2.45) is 5.73 Å². The number of oxazole rings is 1. The van der Waals surface area contributed by atoms with Crippen molar-refractivity contribution in [3.8, 4) is 0 Å². The smallest absolute Gasteiger partial charge is 0.292 e. The van der Waals surface area contributed by atoms with Crippen molar-refractivity contribution < 1.29 is 9.21 Å². The Balaban J connectivity index is 2.67. The summed E-state index contributed by atoms with van der Waals surface area (Å²) in [7, 11) is 0. The summed E-state index contributed by atoms with van der Waals surface area (Å²) in [5.41, 5.74) is 11.9. The second-order valence-corrected chi connectivity index (χ2v) is 2.60. The van der Waals surface area contributed by atoms with E-state index in [2.05, 4.69) is 4.98 Å². The molecule has 0 fully saturated rings. The van der Waals surface area contributed by atoms with Crippen LogP contribution in [-0.4, -0.2) is 10.9 Å². The van der Waals surface area contributed by atoms with Crippen molar-refractivity contribution in [2.75, 3.05) is 5.73 Å². The molecule has 0 spiro atoms. The summed E-state index contributed by atoms with van der Waals surface area (Å²) in [6.07, 6.45) is 0. The number of nitrogen functional groups attached to an aromatic ring is 1. The standard InChI is InChI=1S/C8H7N3O2/c9-7(12)4-1-2-5-6(3-4)13-8(10)11-5/h1-3H,(H2,9,12)(H2,10,11). The van der Waals surface area contributed by atoms with Crippen LogP contribution in [-0.2, 0) is 0 Å². The van der Waals surface area contributed by atoms with E-state index in [1.54, 1.807) is 12.1 Å². The van der Waals surface area contributed by atoms with Crippen LogP contribution in [0.15, 0.2) is 22.6 Å². The van der Waals surface area contributed by atoms with Crippen LogP contribution in [0.2, 0.25) is 0 Å². The SMILES string of the molecule is NC(=O)c1ccc2nc(N)oc2c1. The highest BCUT2D eigenvalue weighted by molar-refractivity contribution is 5.95. The van der Waals surface area contributed by atoms with E-state index < -0.39 is 5.91 Å². The summed E-state index contributed by atoms with van der Waals surface area (Å²) < 4.78 is 5.02. The number of carbonyl (C=O) groups is 1. The fraction of sp³-hybridized carbons (Fsp3) is 0. The Morgan fingerprint density at radius 3 is 2.92 bits per heavy atom. The Labute approximate surface area is 73.3 Å². The fourth-order valence-electron chi connectivity index (χ4n) is 1.10. The van der Waals surface area contributed by atoms with E-state index >= 15 is 0 Å². The Morgan fingerprint density at radius 2 is 2.23 bits per heavy atom. The Kier molecular flexibility index (Phi) is 1.45. The number of nitrogens with zero attached hydrogens (tertiary/aromatic N) is 1. The Morgan fingerprint density at radius 1 is 1.46 bits per heavy atom. The zero-order valence-electron chi connectivity index (χ0n) is 6.65. The molecule has 66 valence electrons. The zero-order valence-corrected chi connectivity index (χ0v) is 6.65. The maximum absolute atomic E-state index is 10.8. The fourth-order valence-corrected chi connectivity index (χ4v) is 1.10. The number of anilines is 1. The molecule has 1 heterocycles. The molecule has 1 amide bonds. The van der Waals surface area contributed by atoms with Crippen LogP contribution in [0.3, 0.4) is 0 Å². The number of rotatable bonds is 1. The molecule has 0 aliphatic rings. The molecule has 0 saturated heterocycles. The first-order valence-electron chi connectivity index (χ1n) is 3.62. The molecule has 5 heteroatoms. The molecule has 1 aromatic heterocycles. The Bertz CT molecular complexity index is 475. The zero-order chi connectivity index (χ0) is 9.42. The molecule has 2 rings (SSSR count). The third kappa shape index (κ3) is 1.20. The quantitative estimate of drug-likeness (QED) is 0.663. The van der Waals surface area contributed by atoms with Gasteiger partial charge in [-0.25, -0.2) is 0 Å². The molecular weight excluding hydrogens is 170 g/mol. The van der Waals surface area contributed by atoms with Gasteiger partial charge in [0.05, 0.1) is 0 Å². The third-order valence-corrected chi connectivity index (χ3v) is 1.69. The lowest BCUT2D eigenvalue weighted by molar-refractivity contribution is 0.100. The van der Waals surface area contributed by atoms with E-state index in [4.69, 9.17) is 15.9 Å². The number of carbonyl (C=O) groups excluding carboxylic acids is 1. The summed E-state index contributed by atoms with van der Waals surface area (Å²) in [5, 5.41) is 0. The van der Waals surface area contributed by atoms with Crippen molar-refractivity contribution >= 4 is 23.0 Å². The second-order valence-electron chi connectivity index (χ2n) is 2.60. The second kappa shape index (κ2) is 2.48. The number of fused-ring (bicyclic) bond motifs is 1. The van der Waals surface area contributed by atoms with Crippen molar-refractivity contribution in [1.29, 1.82) is 0 Å². The number of amides is 1. The predicted octanol–water partition coefficient (Wildman–Crippen LogP) is 0.509. The van der Waals surface area contributed by atoms with Gasteiger partial charge in [0.15, 0.2) is 5.58 Å². The van der Waals surface area contributed by atoms with Crippen LogP contribution in [0.4, 0.5) is 6.01 Å². The summed E-state index contributed by atoms with van der Waals surface area (Å²) in [6.45, 7) is 0. The highest BCUT2D eigenvalue weighted by Crippen LogP contribution is 2.17. The van der Waals surface area contributed by atoms with E-state index in [9.17, 15) is 4.79 Å². The molecule has 0 saturated carbocycles. The lowest BCUT2D eigenvalue weighted by Gasteiger charge is -1.92. The molecule has 0 bridgehead atoms. The van der Waals surface area contributed by atoms with Crippen LogP contribution in [0.5, 0.6) is 0 Å². The van der Waals surface area contributed by atoms with Crippen molar-refractivity contribution in [2.45, 2.75) is 0 Å². The van der Waals surface area contributed by atoms with Gasteiger partial charge in [-0.3, -0.25) is 4.79 Å². The van der Waals surface area contributed by atoms with Crippen LogP contribution < -0.4 is 11.5 Å². The summed E-state index contributed by atoms with van der Waals surface area (Å²) in [6, 6.07) is 4.81. The number of nitrogens with two attached hydrogens (primary N) is 2. The summed E-state index contributed by atoms with van der Waals surface area (Å²) in [4.78, 5) is 14.7. The van der Waals surface area contributed by atoms with Crippen LogP contribution >= 0.6 is 0 Å². The number of hydrogen-bond donors (Lipinski definition) is 2. The molecule has 0 unspecified atom stereocenters. The maximum Gasteiger partial charge on any atom is 0.292 e. The average Bonchev–Trinajstić information content (AvgIpc) is 2.42. The molecule has 13 heavy (non-hydrogen) atoms. The third-order valence-electron chi connectivity index (χ3n) is 1.69. The molecule has 4 N–H and O–H groups in total. The number of hydrogen-bond acceptors (Lipinski definition) is 4. The monoisotopic (exact) mass is 177 g/mol. The van der Waals surface area contributed by atoms with Gasteiger partial charge in [0.2, 0.25) is 5.91 Å². The average molecular weight is 177 g/mol. The lowest BCUT2D eigenvalue weighted by Crippen LogP contribution is -2.10. The minimum absolute atomic E-state index is 0.0802. The van der Waals surface area contributed by atoms with Gasteiger partial charge in [0, 0.05) is 5.56 Å². The lowest BCUT2D eigenvalue weighted by atomic mass is 10.2. The minimum atomic E-state index is -0.503. The number of primary amides is 1. The van der Waals surface area contributed by atoms with Crippen molar-refractivity contribution in [3.63, 3.8) is 0 Å². The molecule has 1 aromatic carbocycles. The van der Waals surface area contributed by atoms with Crippen LogP contribution in [0.1, 0.15) is 10.4 Å². The van der Waals surface area contributed by atoms with E-state index in [-0.39, 0.29) is 6.01 Å². The van der Waals surface area contributed by atoms with Gasteiger partial charge in [-0.05, 0) is 18.2 Å². The van der Waals surface area contributed by atoms with E-state index in [0.717, 1.165) is 0 Å². The maximum atomic E-state index is 10.8. The van der Waals surface area contributed by atoms with Crippen molar-refractivity contribution in [3.05, 3.63) is 23.8 Å². The highest BCUT2D eigenvalue weighted by atomic mass is 16.4. The number of aromatic nitrogens is 1. The molecular formula is C8H7N3O2. The molecule has 0 aliphatic carbocycles. The van der Waals surface area contributed by atoms with Crippen LogP contribution in [0, 0.1) is 0 Å². The summed E-state index contributed by atoms with van der Waals surface area (Å²) >= 11 is 0. The van der Waals surface area contributed by atoms with Crippen LogP contribution in [0.25, 0.3) is 11.1 Å². The predicted molar refractivity (Wildman–Crippen MR) is 46.9 cm³/mol. The molecule has 0 aliphatic heterocycles. The summed E-state index contributed by atoms with van der Waals surface area (Å²) in [5.74, 6) is -0.503. The van der Waals surface area contributed by atoms with Gasteiger partial charge in [-0.2, -0.15) is 4.98 Å². The number of benzene rings is 1. The topological polar surface area (TPSA) is 95.1 Å². The van der Waals surface area contributed by atoms with Gasteiger partial charge < -0.3 is 15.9 Å². The van der Waals surface area contributed by atoms with E-state index in [1.165, 1.54) is 6.07 Å². The molecule has 5 nitrogen and oxygen atoms in total. The van der Waals surface area contributed by atoms with Gasteiger partial charge in [0.25, 0.3) is 6.01 Å². The van der Waals surface area contributed by atoms with E-state index in [0.29, 0.717) is 16.7 Å². The largest absolute Gasteiger partial charge is 0.424 e. The van der Waals surface area contributed by atoms with E-state index in [1.807, 2.05) is 0 Å². The first kappa shape index (κ1) is 7.60. The van der Waals surface area contributed by atoms with Crippen molar-refractivity contribution in [1.82, 2.24) is 4.98 Å². The highest BCUT2D eigenvalue weighted by Gasteiger charge is 2.06. The molecule has 0 atom stereocenters. The first-order chi connectivity index (χ1) is 6.16. The normalized spacial score (nSPS) is 10.5. The minimum Gasteiger partial charge on any atom is -0.424 e. The van der Waals surface area contributed by atoms with Gasteiger partial charge in [-0.15, -0.1) is 0 Å². The first-order valence-corrected chi connectivity index (χ1v) is 3.62. The molecule has 2 aromatic rings. The molecule has 0 radical (unpaired) electrons. The van der Waals surface area contributed by atoms with Gasteiger partial charge >= 0.3 is 0 Å². The van der Waals surface area contributed by atoms with Gasteiger partial charge in [-0.1, -0.05) is 0 Å². The van der Waals surface area contributed by atoms with Gasteiger partial charge in [0.1, 0.15) is 5.52 Å². The Hall–Kier alpha value is -2.04.